The Morgan fingerprint density at radius 1 is 1.40 bits per heavy atom. The topological polar surface area (TPSA) is 109 Å². The highest BCUT2D eigenvalue weighted by Crippen LogP contribution is 2.27. The average molecular weight is 298 g/mol. The minimum atomic E-state index is -3.85. The lowest BCUT2D eigenvalue weighted by atomic mass is 10.1. The van der Waals surface area contributed by atoms with Crippen molar-refractivity contribution in [3.05, 3.63) is 23.8 Å². The maximum atomic E-state index is 12.3. The number of carbonyl (C=O) groups is 1. The van der Waals surface area contributed by atoms with Gasteiger partial charge in [0, 0.05) is 11.7 Å². The molecule has 0 aromatic heterocycles. The molecule has 0 heterocycles. The maximum Gasteiger partial charge on any atom is 0.337 e. The Bertz CT molecular complexity index is 627. The van der Waals surface area contributed by atoms with Gasteiger partial charge in [-0.05, 0) is 43.4 Å². The van der Waals surface area contributed by atoms with E-state index in [4.69, 9.17) is 10.8 Å². The molecule has 0 radical (unpaired) electrons. The van der Waals surface area contributed by atoms with Gasteiger partial charge in [-0.2, -0.15) is 0 Å². The number of nitrogens with one attached hydrogen (secondary N) is 1. The molecule has 2 unspecified atom stereocenters. The fourth-order valence-corrected chi connectivity index (χ4v) is 4.01. The number of aromatic carboxylic acids is 1. The molecule has 0 saturated heterocycles. The van der Waals surface area contributed by atoms with Gasteiger partial charge in [-0.15, -0.1) is 0 Å². The Kier molecular flexibility index (Phi) is 4.01. The monoisotopic (exact) mass is 298 g/mol. The molecule has 2 atom stereocenters. The molecule has 1 aromatic carbocycles. The van der Waals surface area contributed by atoms with Gasteiger partial charge in [0.15, 0.2) is 0 Å². The molecule has 0 amide bonds. The number of sulfonamides is 1. The third-order valence-electron chi connectivity index (χ3n) is 3.54. The highest BCUT2D eigenvalue weighted by atomic mass is 32.2. The predicted octanol–water partition coefficient (Wildman–Crippen LogP) is 1.43. The van der Waals surface area contributed by atoms with Gasteiger partial charge < -0.3 is 10.8 Å². The first-order valence-electron chi connectivity index (χ1n) is 6.45. The van der Waals surface area contributed by atoms with Crippen LogP contribution in [0.3, 0.4) is 0 Å². The molecule has 7 heteroatoms. The molecule has 1 saturated carbocycles. The van der Waals surface area contributed by atoms with E-state index in [2.05, 4.69) is 11.6 Å². The number of anilines is 1. The summed E-state index contributed by atoms with van der Waals surface area (Å²) in [6, 6.07) is 3.65. The average Bonchev–Trinajstić information content (AvgIpc) is 2.73. The smallest absolute Gasteiger partial charge is 0.337 e. The van der Waals surface area contributed by atoms with Crippen LogP contribution in [-0.4, -0.2) is 25.5 Å². The quantitative estimate of drug-likeness (QED) is 0.728. The van der Waals surface area contributed by atoms with Gasteiger partial charge in [0.1, 0.15) is 0 Å². The van der Waals surface area contributed by atoms with Gasteiger partial charge in [0.05, 0.1) is 10.5 Å². The normalized spacial score (nSPS) is 22.9. The van der Waals surface area contributed by atoms with E-state index in [0.29, 0.717) is 5.92 Å². The lowest BCUT2D eigenvalue weighted by molar-refractivity contribution is 0.0692. The van der Waals surface area contributed by atoms with E-state index in [-0.39, 0.29) is 22.2 Å². The first kappa shape index (κ1) is 14.8. The van der Waals surface area contributed by atoms with Crippen molar-refractivity contribution >= 4 is 21.7 Å². The third-order valence-corrected chi connectivity index (χ3v) is 5.12. The van der Waals surface area contributed by atoms with Crippen LogP contribution in [-0.2, 0) is 10.0 Å². The van der Waals surface area contributed by atoms with E-state index in [9.17, 15) is 13.2 Å². The molecule has 20 heavy (non-hydrogen) atoms. The molecule has 1 fully saturated rings. The molecule has 1 aliphatic carbocycles. The molecule has 110 valence electrons. The van der Waals surface area contributed by atoms with Gasteiger partial charge in [0.2, 0.25) is 10.0 Å². The summed E-state index contributed by atoms with van der Waals surface area (Å²) in [5, 5.41) is 9.11. The van der Waals surface area contributed by atoms with Crippen molar-refractivity contribution in [2.24, 2.45) is 5.92 Å². The number of hydrogen-bond donors (Lipinski definition) is 3. The van der Waals surface area contributed by atoms with Crippen LogP contribution in [0.5, 0.6) is 0 Å². The summed E-state index contributed by atoms with van der Waals surface area (Å²) in [7, 11) is -3.85. The van der Waals surface area contributed by atoms with Crippen LogP contribution < -0.4 is 10.5 Å². The van der Waals surface area contributed by atoms with Crippen LogP contribution in [0, 0.1) is 5.92 Å². The van der Waals surface area contributed by atoms with E-state index < -0.39 is 16.0 Å². The zero-order chi connectivity index (χ0) is 14.9. The Hall–Kier alpha value is -1.60. The summed E-state index contributed by atoms with van der Waals surface area (Å²) in [5.41, 5.74) is 5.43. The van der Waals surface area contributed by atoms with Gasteiger partial charge in [-0.1, -0.05) is 6.92 Å². The summed E-state index contributed by atoms with van der Waals surface area (Å²) in [5.74, 6) is -0.828. The number of benzene rings is 1. The highest BCUT2D eigenvalue weighted by molar-refractivity contribution is 7.89. The second-order valence-electron chi connectivity index (χ2n) is 5.30. The summed E-state index contributed by atoms with van der Waals surface area (Å²) >= 11 is 0. The third kappa shape index (κ3) is 3.10. The second-order valence-corrected chi connectivity index (χ2v) is 6.98. The molecule has 1 aromatic rings. The number of carboxylic acid groups (broad SMARTS) is 1. The summed E-state index contributed by atoms with van der Waals surface area (Å²) in [4.78, 5) is 10.9. The van der Waals surface area contributed by atoms with Crippen molar-refractivity contribution in [1.82, 2.24) is 4.72 Å². The number of nitrogen functional groups attached to an aromatic ring is 1. The van der Waals surface area contributed by atoms with Crippen molar-refractivity contribution in [2.75, 3.05) is 5.73 Å². The minimum absolute atomic E-state index is 0.130. The van der Waals surface area contributed by atoms with Crippen molar-refractivity contribution in [1.29, 1.82) is 0 Å². The molecule has 4 N–H and O–H groups in total. The highest BCUT2D eigenvalue weighted by Gasteiger charge is 2.29. The number of hydrogen-bond acceptors (Lipinski definition) is 4. The molecule has 2 rings (SSSR count). The van der Waals surface area contributed by atoms with Crippen LogP contribution in [0.4, 0.5) is 5.69 Å². The van der Waals surface area contributed by atoms with Gasteiger partial charge in [-0.3, -0.25) is 0 Å². The predicted molar refractivity (Wildman–Crippen MR) is 74.9 cm³/mol. The largest absolute Gasteiger partial charge is 0.478 e. The number of nitrogens with two attached hydrogens (primary N) is 1. The molecule has 0 spiro atoms. The standard InChI is InChI=1S/C13H18N2O4S/c1-8-2-4-10(6-8)15-20(18,19)12-5-3-9(14)7-11(12)13(16)17/h3,5,7-8,10,15H,2,4,6,14H2,1H3,(H,16,17). The van der Waals surface area contributed by atoms with Crippen LogP contribution >= 0.6 is 0 Å². The fourth-order valence-electron chi connectivity index (χ4n) is 2.55. The second kappa shape index (κ2) is 5.41. The van der Waals surface area contributed by atoms with Crippen molar-refractivity contribution < 1.29 is 18.3 Å². The van der Waals surface area contributed by atoms with E-state index in [0.717, 1.165) is 25.3 Å². The Morgan fingerprint density at radius 2 is 2.10 bits per heavy atom. The van der Waals surface area contributed by atoms with E-state index in [1.807, 2.05) is 0 Å². The summed E-state index contributed by atoms with van der Waals surface area (Å²) < 4.78 is 27.2. The maximum absolute atomic E-state index is 12.3. The minimum Gasteiger partial charge on any atom is -0.478 e. The summed E-state index contributed by atoms with van der Waals surface area (Å²) in [6.45, 7) is 2.07. The van der Waals surface area contributed by atoms with Crippen LogP contribution in [0.15, 0.2) is 23.1 Å². The van der Waals surface area contributed by atoms with Crippen LogP contribution in [0.2, 0.25) is 0 Å². The lowest BCUT2D eigenvalue weighted by Gasteiger charge is -2.14. The van der Waals surface area contributed by atoms with Gasteiger partial charge >= 0.3 is 5.97 Å². The first-order chi connectivity index (χ1) is 9.29. The fraction of sp³-hybridized carbons (Fsp3) is 0.462. The zero-order valence-electron chi connectivity index (χ0n) is 11.2. The summed E-state index contributed by atoms with van der Waals surface area (Å²) in [6.07, 6.45) is 2.52. The Labute approximate surface area is 118 Å². The van der Waals surface area contributed by atoms with E-state index in [1.54, 1.807) is 0 Å². The molecular formula is C13H18N2O4S. The Morgan fingerprint density at radius 3 is 2.65 bits per heavy atom. The van der Waals surface area contributed by atoms with Gasteiger partial charge in [0.25, 0.3) is 0 Å². The van der Waals surface area contributed by atoms with Crippen molar-refractivity contribution in [3.8, 4) is 0 Å². The molecule has 6 nitrogen and oxygen atoms in total. The number of rotatable bonds is 4. The number of carboxylic acids is 1. The van der Waals surface area contributed by atoms with Crippen molar-refractivity contribution in [3.63, 3.8) is 0 Å². The Balaban J connectivity index is 2.32. The molecule has 0 bridgehead atoms. The zero-order valence-corrected chi connectivity index (χ0v) is 12.0. The van der Waals surface area contributed by atoms with Crippen LogP contribution in [0.25, 0.3) is 0 Å². The SMILES string of the molecule is CC1CCC(NS(=O)(=O)c2ccc(N)cc2C(=O)O)C1. The first-order valence-corrected chi connectivity index (χ1v) is 7.93. The van der Waals surface area contributed by atoms with E-state index in [1.165, 1.54) is 12.1 Å². The van der Waals surface area contributed by atoms with Crippen LogP contribution in [0.1, 0.15) is 36.5 Å². The molecule has 1 aliphatic rings. The van der Waals surface area contributed by atoms with Crippen molar-refractivity contribution in [2.45, 2.75) is 37.1 Å². The van der Waals surface area contributed by atoms with Gasteiger partial charge in [-0.25, -0.2) is 17.9 Å². The van der Waals surface area contributed by atoms with E-state index >= 15 is 0 Å². The molecular weight excluding hydrogens is 280 g/mol. The lowest BCUT2D eigenvalue weighted by Crippen LogP contribution is -2.33. The molecule has 0 aliphatic heterocycles.